The molecule has 1 aromatic rings. The molecule has 2 unspecified atom stereocenters. The molecule has 102 valence electrons. The summed E-state index contributed by atoms with van der Waals surface area (Å²) in [5, 5.41) is 0. The lowest BCUT2D eigenvalue weighted by atomic mass is 9.74. The lowest BCUT2D eigenvalue weighted by molar-refractivity contribution is 0.101. The molecule has 0 bridgehead atoms. The number of nitrogens with two attached hydrogens (primary N) is 1. The third-order valence-corrected chi connectivity index (χ3v) is 4.11. The lowest BCUT2D eigenvalue weighted by Gasteiger charge is -2.35. The zero-order chi connectivity index (χ0) is 13.5. The Kier molecular flexibility index (Phi) is 3.56. The highest BCUT2D eigenvalue weighted by Gasteiger charge is 2.33. The number of aryl methyl sites for hydroxylation is 1. The maximum absolute atomic E-state index is 6.32. The highest BCUT2D eigenvalue weighted by molar-refractivity contribution is 5.34. The molecule has 0 fully saturated rings. The number of rotatable bonds is 3. The molecular weight excluding hydrogens is 224 g/mol. The van der Waals surface area contributed by atoms with E-state index in [2.05, 4.69) is 38.3 Å². The van der Waals surface area contributed by atoms with Crippen molar-refractivity contribution in [1.29, 1.82) is 0 Å². The van der Waals surface area contributed by atoms with Gasteiger partial charge in [-0.2, -0.15) is 0 Å². The molecule has 0 radical (unpaired) electrons. The minimum Gasteiger partial charge on any atom is -0.380 e. The summed E-state index contributed by atoms with van der Waals surface area (Å²) < 4.78 is 7.79. The molecule has 0 aliphatic heterocycles. The molecule has 0 saturated carbocycles. The number of aromatic nitrogens is 1. The van der Waals surface area contributed by atoms with E-state index in [-0.39, 0.29) is 12.1 Å². The smallest absolute Gasteiger partial charge is 0.0722 e. The van der Waals surface area contributed by atoms with Gasteiger partial charge in [0.05, 0.1) is 6.10 Å². The summed E-state index contributed by atoms with van der Waals surface area (Å²) in [7, 11) is 1.77. The van der Waals surface area contributed by atoms with Gasteiger partial charge in [0.25, 0.3) is 0 Å². The van der Waals surface area contributed by atoms with Gasteiger partial charge in [-0.25, -0.2) is 0 Å². The van der Waals surface area contributed by atoms with Gasteiger partial charge in [0.2, 0.25) is 0 Å². The largest absolute Gasteiger partial charge is 0.380 e. The van der Waals surface area contributed by atoms with Gasteiger partial charge in [0.1, 0.15) is 0 Å². The van der Waals surface area contributed by atoms with E-state index >= 15 is 0 Å². The summed E-state index contributed by atoms with van der Waals surface area (Å²) in [5.74, 6) is 0. The first kappa shape index (κ1) is 13.6. The molecule has 0 saturated heterocycles. The van der Waals surface area contributed by atoms with E-state index in [1.165, 1.54) is 17.0 Å². The van der Waals surface area contributed by atoms with Crippen molar-refractivity contribution in [2.45, 2.75) is 59.2 Å². The van der Waals surface area contributed by atoms with Crippen LogP contribution in [0.25, 0.3) is 0 Å². The average Bonchev–Trinajstić information content (AvgIpc) is 2.55. The Bertz CT molecular complexity index is 434. The van der Waals surface area contributed by atoms with Crippen LogP contribution in [0.1, 0.15) is 50.2 Å². The van der Waals surface area contributed by atoms with Gasteiger partial charge in [-0.05, 0) is 43.7 Å². The Hall–Kier alpha value is -0.800. The fraction of sp³-hybridized carbons (Fsp3) is 0.733. The third-order valence-electron chi connectivity index (χ3n) is 4.11. The monoisotopic (exact) mass is 250 g/mol. The molecular formula is C15H26N2O. The van der Waals surface area contributed by atoms with Crippen LogP contribution in [0.3, 0.4) is 0 Å². The minimum absolute atomic E-state index is 0.182. The molecule has 0 spiro atoms. The topological polar surface area (TPSA) is 40.2 Å². The van der Waals surface area contributed by atoms with Crippen LogP contribution in [-0.2, 0) is 17.7 Å². The summed E-state index contributed by atoms with van der Waals surface area (Å²) in [5.41, 5.74) is 10.7. The quantitative estimate of drug-likeness (QED) is 0.896. The summed E-state index contributed by atoms with van der Waals surface area (Å²) in [6, 6.07) is 2.44. The zero-order valence-corrected chi connectivity index (χ0v) is 12.3. The molecule has 1 aliphatic carbocycles. The molecule has 1 aliphatic rings. The number of hydrogen-bond acceptors (Lipinski definition) is 2. The maximum atomic E-state index is 6.32. The molecule has 2 rings (SSSR count). The molecule has 0 aromatic carbocycles. The zero-order valence-electron chi connectivity index (χ0n) is 12.3. The van der Waals surface area contributed by atoms with Gasteiger partial charge in [0, 0.05) is 31.1 Å². The van der Waals surface area contributed by atoms with Crippen LogP contribution < -0.4 is 5.73 Å². The van der Waals surface area contributed by atoms with E-state index in [0.29, 0.717) is 5.41 Å². The SMILES string of the molecule is COC(C)Cn1c(C)cc2c1CC(C)(C)CC2N. The van der Waals surface area contributed by atoms with Crippen LogP contribution in [0.4, 0.5) is 0 Å². The number of methoxy groups -OCH3 is 1. The number of ether oxygens (including phenoxy) is 1. The highest BCUT2D eigenvalue weighted by atomic mass is 16.5. The van der Waals surface area contributed by atoms with Crippen molar-refractivity contribution < 1.29 is 4.74 Å². The third kappa shape index (κ3) is 2.47. The van der Waals surface area contributed by atoms with Crippen molar-refractivity contribution in [2.75, 3.05) is 7.11 Å². The molecule has 2 atom stereocenters. The van der Waals surface area contributed by atoms with Crippen molar-refractivity contribution in [3.8, 4) is 0 Å². The Morgan fingerprint density at radius 3 is 2.83 bits per heavy atom. The van der Waals surface area contributed by atoms with Gasteiger partial charge in [-0.3, -0.25) is 0 Å². The van der Waals surface area contributed by atoms with Gasteiger partial charge in [0.15, 0.2) is 0 Å². The minimum atomic E-state index is 0.182. The lowest BCUT2D eigenvalue weighted by Crippen LogP contribution is -2.31. The fourth-order valence-corrected chi connectivity index (χ4v) is 3.09. The molecule has 3 heteroatoms. The Labute approximate surface area is 110 Å². The molecule has 2 N–H and O–H groups in total. The summed E-state index contributed by atoms with van der Waals surface area (Å²) in [4.78, 5) is 0. The molecule has 18 heavy (non-hydrogen) atoms. The standard InChI is InChI=1S/C15H26N2O/c1-10-6-12-13(16)7-15(3,4)8-14(12)17(10)9-11(2)18-5/h6,11,13H,7-9,16H2,1-5H3. The summed E-state index contributed by atoms with van der Waals surface area (Å²) >= 11 is 0. The second kappa shape index (κ2) is 4.71. The first-order valence-electron chi connectivity index (χ1n) is 6.81. The van der Waals surface area contributed by atoms with Crippen LogP contribution in [0, 0.1) is 12.3 Å². The molecule has 1 aromatic heterocycles. The van der Waals surface area contributed by atoms with E-state index < -0.39 is 0 Å². The Morgan fingerprint density at radius 1 is 1.56 bits per heavy atom. The second-order valence-corrected chi connectivity index (χ2v) is 6.50. The highest BCUT2D eigenvalue weighted by Crippen LogP contribution is 2.40. The van der Waals surface area contributed by atoms with E-state index in [9.17, 15) is 0 Å². The van der Waals surface area contributed by atoms with E-state index in [1.807, 2.05) is 0 Å². The van der Waals surface area contributed by atoms with Gasteiger partial charge in [-0.15, -0.1) is 0 Å². The van der Waals surface area contributed by atoms with Crippen molar-refractivity contribution in [3.05, 3.63) is 23.0 Å². The molecule has 3 nitrogen and oxygen atoms in total. The van der Waals surface area contributed by atoms with Crippen LogP contribution in [-0.4, -0.2) is 17.8 Å². The van der Waals surface area contributed by atoms with Crippen LogP contribution in [0.15, 0.2) is 6.07 Å². The van der Waals surface area contributed by atoms with Gasteiger partial charge >= 0.3 is 0 Å². The Morgan fingerprint density at radius 2 is 2.22 bits per heavy atom. The van der Waals surface area contributed by atoms with Crippen molar-refractivity contribution in [1.82, 2.24) is 4.57 Å². The molecule has 1 heterocycles. The first-order valence-corrected chi connectivity index (χ1v) is 6.81. The van der Waals surface area contributed by atoms with Crippen molar-refractivity contribution in [3.63, 3.8) is 0 Å². The van der Waals surface area contributed by atoms with Gasteiger partial charge < -0.3 is 15.0 Å². The molecule has 0 amide bonds. The predicted molar refractivity (Wildman–Crippen MR) is 74.7 cm³/mol. The normalized spacial score (nSPS) is 23.8. The van der Waals surface area contributed by atoms with Crippen molar-refractivity contribution in [2.24, 2.45) is 11.1 Å². The van der Waals surface area contributed by atoms with Crippen molar-refractivity contribution >= 4 is 0 Å². The van der Waals surface area contributed by atoms with Gasteiger partial charge in [-0.1, -0.05) is 13.8 Å². The number of nitrogens with zero attached hydrogens (tertiary/aromatic N) is 1. The van der Waals surface area contributed by atoms with Crippen LogP contribution in [0.2, 0.25) is 0 Å². The average molecular weight is 250 g/mol. The summed E-state index contributed by atoms with van der Waals surface area (Å²) in [6.45, 7) is 9.81. The summed E-state index contributed by atoms with van der Waals surface area (Å²) in [6.07, 6.45) is 2.42. The number of fused-ring (bicyclic) bond motifs is 1. The van der Waals surface area contributed by atoms with E-state index in [4.69, 9.17) is 10.5 Å². The fourth-order valence-electron chi connectivity index (χ4n) is 3.09. The number of hydrogen-bond donors (Lipinski definition) is 1. The van der Waals surface area contributed by atoms with E-state index in [0.717, 1.165) is 19.4 Å². The van der Waals surface area contributed by atoms with Crippen LogP contribution >= 0.6 is 0 Å². The Balaban J connectivity index is 2.38. The van der Waals surface area contributed by atoms with E-state index in [1.54, 1.807) is 7.11 Å². The van der Waals surface area contributed by atoms with Crippen LogP contribution in [0.5, 0.6) is 0 Å². The second-order valence-electron chi connectivity index (χ2n) is 6.50. The first-order chi connectivity index (χ1) is 8.34. The maximum Gasteiger partial charge on any atom is 0.0722 e. The predicted octanol–water partition coefficient (Wildman–Crippen LogP) is 2.80.